The summed E-state index contributed by atoms with van der Waals surface area (Å²) >= 11 is 0. The Morgan fingerprint density at radius 1 is 1.45 bits per heavy atom. The van der Waals surface area contributed by atoms with Crippen molar-refractivity contribution in [3.8, 4) is 0 Å². The highest BCUT2D eigenvalue weighted by Crippen LogP contribution is 2.22. The standard InChI is InChI=1S/C14H19N5O/c1-19-9-10(8-16-19)7-15-14(20)6-13-11-4-2-3-5-12(11)17-18-13/h8-9H,2-7H2,1H3,(H,15,20)(H,17,18). The van der Waals surface area contributed by atoms with Gasteiger partial charge in [-0.05, 0) is 31.2 Å². The van der Waals surface area contributed by atoms with Crippen molar-refractivity contribution in [2.45, 2.75) is 38.6 Å². The fraction of sp³-hybridized carbons (Fsp3) is 0.500. The van der Waals surface area contributed by atoms with E-state index < -0.39 is 0 Å². The summed E-state index contributed by atoms with van der Waals surface area (Å²) < 4.78 is 1.73. The first kappa shape index (κ1) is 12.9. The maximum Gasteiger partial charge on any atom is 0.226 e. The quantitative estimate of drug-likeness (QED) is 0.868. The maximum absolute atomic E-state index is 12.0. The van der Waals surface area contributed by atoms with Crippen molar-refractivity contribution in [1.82, 2.24) is 25.3 Å². The Bertz CT molecular complexity index is 613. The molecule has 106 valence electrons. The highest BCUT2D eigenvalue weighted by molar-refractivity contribution is 5.78. The van der Waals surface area contributed by atoms with Crippen LogP contribution >= 0.6 is 0 Å². The Kier molecular flexibility index (Phi) is 3.54. The van der Waals surface area contributed by atoms with Gasteiger partial charge in [0.25, 0.3) is 0 Å². The predicted octanol–water partition coefficient (Wildman–Crippen LogP) is 0.881. The molecule has 0 spiro atoms. The highest BCUT2D eigenvalue weighted by atomic mass is 16.1. The lowest BCUT2D eigenvalue weighted by atomic mass is 9.95. The number of aromatic nitrogens is 4. The third-order valence-corrected chi connectivity index (χ3v) is 3.72. The van der Waals surface area contributed by atoms with E-state index in [0.29, 0.717) is 13.0 Å². The molecular formula is C14H19N5O. The zero-order valence-electron chi connectivity index (χ0n) is 11.6. The summed E-state index contributed by atoms with van der Waals surface area (Å²) in [6.45, 7) is 0.513. The topological polar surface area (TPSA) is 75.6 Å². The lowest BCUT2D eigenvalue weighted by molar-refractivity contribution is -0.120. The van der Waals surface area contributed by atoms with Gasteiger partial charge in [-0.3, -0.25) is 14.6 Å². The average molecular weight is 273 g/mol. The second kappa shape index (κ2) is 5.48. The van der Waals surface area contributed by atoms with E-state index in [1.54, 1.807) is 10.9 Å². The SMILES string of the molecule is Cn1cc(CNC(=O)Cc2n[nH]c3c2CCCC3)cn1. The van der Waals surface area contributed by atoms with Gasteiger partial charge in [0.15, 0.2) is 0 Å². The number of amides is 1. The van der Waals surface area contributed by atoms with Crippen LogP contribution in [0.3, 0.4) is 0 Å². The molecule has 20 heavy (non-hydrogen) atoms. The van der Waals surface area contributed by atoms with E-state index in [-0.39, 0.29) is 5.91 Å². The molecule has 2 N–H and O–H groups in total. The van der Waals surface area contributed by atoms with Crippen LogP contribution in [0.4, 0.5) is 0 Å². The van der Waals surface area contributed by atoms with E-state index in [2.05, 4.69) is 20.6 Å². The van der Waals surface area contributed by atoms with Crippen molar-refractivity contribution in [3.05, 3.63) is 34.9 Å². The van der Waals surface area contributed by atoms with Crippen LogP contribution in [-0.2, 0) is 37.6 Å². The molecule has 0 unspecified atom stereocenters. The molecule has 0 saturated carbocycles. The molecule has 0 aromatic carbocycles. The van der Waals surface area contributed by atoms with Crippen LogP contribution in [0.25, 0.3) is 0 Å². The van der Waals surface area contributed by atoms with Crippen molar-refractivity contribution in [2.75, 3.05) is 0 Å². The number of nitrogens with one attached hydrogen (secondary N) is 2. The van der Waals surface area contributed by atoms with Crippen LogP contribution in [0.2, 0.25) is 0 Å². The van der Waals surface area contributed by atoms with Gasteiger partial charge in [-0.1, -0.05) is 0 Å². The van der Waals surface area contributed by atoms with Crippen LogP contribution in [0.1, 0.15) is 35.4 Å². The summed E-state index contributed by atoms with van der Waals surface area (Å²) in [5.74, 6) is 0.00808. The predicted molar refractivity (Wildman–Crippen MR) is 74.0 cm³/mol. The number of aryl methyl sites for hydroxylation is 2. The van der Waals surface area contributed by atoms with Gasteiger partial charge in [0.05, 0.1) is 18.3 Å². The number of rotatable bonds is 4. The molecule has 0 fully saturated rings. The highest BCUT2D eigenvalue weighted by Gasteiger charge is 2.18. The summed E-state index contributed by atoms with van der Waals surface area (Å²) in [4.78, 5) is 12.0. The summed E-state index contributed by atoms with van der Waals surface area (Å²) in [5, 5.41) is 14.3. The van der Waals surface area contributed by atoms with Crippen molar-refractivity contribution < 1.29 is 4.79 Å². The first-order valence-corrected chi connectivity index (χ1v) is 7.01. The van der Waals surface area contributed by atoms with Crippen LogP contribution in [0.15, 0.2) is 12.4 Å². The number of carbonyl (C=O) groups excluding carboxylic acids is 1. The molecule has 0 atom stereocenters. The third-order valence-electron chi connectivity index (χ3n) is 3.72. The Labute approximate surface area is 117 Å². The van der Waals surface area contributed by atoms with Crippen molar-refractivity contribution in [3.63, 3.8) is 0 Å². The van der Waals surface area contributed by atoms with Gasteiger partial charge in [-0.25, -0.2) is 0 Å². The first-order valence-electron chi connectivity index (χ1n) is 7.01. The lowest BCUT2D eigenvalue weighted by Gasteiger charge is -2.11. The normalized spacial score (nSPS) is 14.1. The van der Waals surface area contributed by atoms with E-state index in [9.17, 15) is 4.79 Å². The Morgan fingerprint density at radius 3 is 3.10 bits per heavy atom. The molecule has 0 saturated heterocycles. The van der Waals surface area contributed by atoms with Crippen LogP contribution < -0.4 is 5.32 Å². The van der Waals surface area contributed by atoms with Gasteiger partial charge in [-0.15, -0.1) is 0 Å². The monoisotopic (exact) mass is 273 g/mol. The molecule has 1 amide bonds. The minimum absolute atomic E-state index is 0.00808. The molecule has 0 radical (unpaired) electrons. The molecule has 1 aliphatic carbocycles. The van der Waals surface area contributed by atoms with Gasteiger partial charge >= 0.3 is 0 Å². The van der Waals surface area contributed by atoms with E-state index in [0.717, 1.165) is 24.1 Å². The fourth-order valence-corrected chi connectivity index (χ4v) is 2.67. The second-order valence-electron chi connectivity index (χ2n) is 5.31. The summed E-state index contributed by atoms with van der Waals surface area (Å²) in [6.07, 6.45) is 8.51. The minimum atomic E-state index is 0.00808. The minimum Gasteiger partial charge on any atom is -0.352 e. The molecule has 2 aromatic rings. The molecule has 6 heteroatoms. The molecule has 0 bridgehead atoms. The molecule has 3 rings (SSSR count). The van der Waals surface area contributed by atoms with E-state index in [4.69, 9.17) is 0 Å². The van der Waals surface area contributed by atoms with E-state index >= 15 is 0 Å². The smallest absolute Gasteiger partial charge is 0.226 e. The van der Waals surface area contributed by atoms with Crippen molar-refractivity contribution in [2.24, 2.45) is 7.05 Å². The van der Waals surface area contributed by atoms with Gasteiger partial charge in [0, 0.05) is 31.0 Å². The zero-order valence-corrected chi connectivity index (χ0v) is 11.6. The number of hydrogen-bond acceptors (Lipinski definition) is 3. The average Bonchev–Trinajstić information content (AvgIpc) is 3.04. The number of fused-ring (bicyclic) bond motifs is 1. The second-order valence-corrected chi connectivity index (χ2v) is 5.31. The summed E-state index contributed by atoms with van der Waals surface area (Å²) in [6, 6.07) is 0. The number of H-pyrrole nitrogens is 1. The Balaban J connectivity index is 1.57. The Hall–Kier alpha value is -2.11. The zero-order chi connectivity index (χ0) is 13.9. The number of carbonyl (C=O) groups is 1. The third kappa shape index (κ3) is 2.74. The lowest BCUT2D eigenvalue weighted by Crippen LogP contribution is -2.25. The number of hydrogen-bond donors (Lipinski definition) is 2. The number of nitrogens with zero attached hydrogens (tertiary/aromatic N) is 3. The van der Waals surface area contributed by atoms with Crippen LogP contribution in [0, 0.1) is 0 Å². The van der Waals surface area contributed by atoms with E-state index in [1.165, 1.54) is 24.1 Å². The summed E-state index contributed by atoms with van der Waals surface area (Å²) in [7, 11) is 1.86. The van der Waals surface area contributed by atoms with Gasteiger partial charge < -0.3 is 5.32 Å². The van der Waals surface area contributed by atoms with Crippen molar-refractivity contribution in [1.29, 1.82) is 0 Å². The summed E-state index contributed by atoms with van der Waals surface area (Å²) in [5.41, 5.74) is 4.38. The molecule has 1 aliphatic rings. The fourth-order valence-electron chi connectivity index (χ4n) is 2.67. The Morgan fingerprint density at radius 2 is 2.30 bits per heavy atom. The van der Waals surface area contributed by atoms with E-state index in [1.807, 2.05) is 13.2 Å². The van der Waals surface area contributed by atoms with Gasteiger partial charge in [0.1, 0.15) is 0 Å². The van der Waals surface area contributed by atoms with Crippen molar-refractivity contribution >= 4 is 5.91 Å². The van der Waals surface area contributed by atoms with Crippen LogP contribution in [-0.4, -0.2) is 25.9 Å². The number of aromatic amines is 1. The van der Waals surface area contributed by atoms with Gasteiger partial charge in [0.2, 0.25) is 5.91 Å². The maximum atomic E-state index is 12.0. The molecular weight excluding hydrogens is 254 g/mol. The molecule has 0 aliphatic heterocycles. The van der Waals surface area contributed by atoms with Crippen LogP contribution in [0.5, 0.6) is 0 Å². The molecule has 2 aromatic heterocycles. The molecule has 2 heterocycles. The largest absolute Gasteiger partial charge is 0.352 e. The molecule has 6 nitrogen and oxygen atoms in total. The first-order chi connectivity index (χ1) is 9.72. The van der Waals surface area contributed by atoms with Gasteiger partial charge in [-0.2, -0.15) is 10.2 Å².